The molecule has 1 heterocycles. The molecule has 0 aliphatic carbocycles. The number of benzene rings is 2. The van der Waals surface area contributed by atoms with E-state index in [0.717, 1.165) is 16.9 Å². The monoisotopic (exact) mass is 425 g/mol. The van der Waals surface area contributed by atoms with Gasteiger partial charge in [-0.25, -0.2) is 13.1 Å². The summed E-state index contributed by atoms with van der Waals surface area (Å²) in [5.41, 5.74) is 2.29. The molecule has 0 aliphatic rings. The van der Waals surface area contributed by atoms with Crippen molar-refractivity contribution in [3.05, 3.63) is 89.7 Å². The summed E-state index contributed by atoms with van der Waals surface area (Å²) >= 11 is 0. The van der Waals surface area contributed by atoms with Crippen LogP contribution < -0.4 is 14.8 Å². The van der Waals surface area contributed by atoms with Gasteiger partial charge in [0.1, 0.15) is 12.4 Å². The Balaban J connectivity index is 1.52. The van der Waals surface area contributed by atoms with Crippen molar-refractivity contribution in [2.75, 3.05) is 6.54 Å². The molecule has 0 saturated heterocycles. The number of carbonyl (C=O) groups is 1. The molecular weight excluding hydrogens is 402 g/mol. The maximum atomic E-state index is 12.3. The summed E-state index contributed by atoms with van der Waals surface area (Å²) in [4.78, 5) is 16.5. The molecule has 0 unspecified atom stereocenters. The minimum Gasteiger partial charge on any atom is -0.489 e. The van der Waals surface area contributed by atoms with Crippen LogP contribution in [-0.4, -0.2) is 25.9 Å². The van der Waals surface area contributed by atoms with Crippen molar-refractivity contribution in [1.29, 1.82) is 0 Å². The van der Waals surface area contributed by atoms with Gasteiger partial charge in [-0.05, 0) is 48.0 Å². The Morgan fingerprint density at radius 1 is 1.00 bits per heavy atom. The molecule has 2 aromatic carbocycles. The maximum absolute atomic E-state index is 12.3. The molecule has 3 rings (SSSR count). The molecule has 1 aromatic heterocycles. The molecular formula is C22H23N3O4S. The fourth-order valence-corrected chi connectivity index (χ4v) is 3.74. The Hall–Kier alpha value is -3.23. The number of ether oxygens (including phenoxy) is 1. The predicted molar refractivity (Wildman–Crippen MR) is 113 cm³/mol. The predicted octanol–water partition coefficient (Wildman–Crippen LogP) is 2.89. The minimum absolute atomic E-state index is 0.128. The second kappa shape index (κ2) is 10.00. The van der Waals surface area contributed by atoms with Gasteiger partial charge in [0.25, 0.3) is 5.91 Å². The Labute approximate surface area is 176 Å². The fraction of sp³-hybridized carbons (Fsp3) is 0.182. The molecule has 0 saturated carbocycles. The number of amides is 1. The maximum Gasteiger partial charge on any atom is 0.251 e. The van der Waals surface area contributed by atoms with E-state index in [2.05, 4.69) is 15.0 Å². The van der Waals surface area contributed by atoms with Gasteiger partial charge in [0.15, 0.2) is 0 Å². The Bertz CT molecular complexity index is 1070. The van der Waals surface area contributed by atoms with E-state index in [-0.39, 0.29) is 10.8 Å². The molecule has 0 bridgehead atoms. The van der Waals surface area contributed by atoms with Crippen molar-refractivity contribution in [2.45, 2.75) is 25.0 Å². The van der Waals surface area contributed by atoms with Gasteiger partial charge in [0.05, 0.1) is 4.90 Å². The van der Waals surface area contributed by atoms with Crippen LogP contribution in [0.3, 0.4) is 0 Å². The zero-order valence-electron chi connectivity index (χ0n) is 16.5. The average Bonchev–Trinajstić information content (AvgIpc) is 2.77. The molecule has 0 fully saturated rings. The van der Waals surface area contributed by atoms with Crippen LogP contribution in [0, 0.1) is 0 Å². The van der Waals surface area contributed by atoms with Crippen molar-refractivity contribution < 1.29 is 17.9 Å². The third kappa shape index (κ3) is 5.88. The van der Waals surface area contributed by atoms with Gasteiger partial charge in [0.2, 0.25) is 10.0 Å². The highest BCUT2D eigenvalue weighted by Gasteiger charge is 2.13. The lowest BCUT2D eigenvalue weighted by Crippen LogP contribution is -2.24. The number of carbonyl (C=O) groups excluding carboxylic acids is 1. The van der Waals surface area contributed by atoms with Gasteiger partial charge in [-0.2, -0.15) is 0 Å². The van der Waals surface area contributed by atoms with Crippen molar-refractivity contribution in [3.8, 4) is 5.75 Å². The van der Waals surface area contributed by atoms with Crippen LogP contribution in [0.1, 0.15) is 28.4 Å². The lowest BCUT2D eigenvalue weighted by Gasteiger charge is -2.09. The van der Waals surface area contributed by atoms with Crippen molar-refractivity contribution in [2.24, 2.45) is 0 Å². The number of nitrogens with zero attached hydrogens (tertiary/aromatic N) is 1. The number of hydrogen-bond donors (Lipinski definition) is 2. The van der Waals surface area contributed by atoms with Crippen LogP contribution in [0.5, 0.6) is 5.75 Å². The van der Waals surface area contributed by atoms with Crippen LogP contribution in [-0.2, 0) is 23.2 Å². The van der Waals surface area contributed by atoms with Gasteiger partial charge in [-0.15, -0.1) is 0 Å². The van der Waals surface area contributed by atoms with Gasteiger partial charge in [0, 0.05) is 36.6 Å². The minimum atomic E-state index is -3.53. The van der Waals surface area contributed by atoms with E-state index in [4.69, 9.17) is 4.74 Å². The summed E-state index contributed by atoms with van der Waals surface area (Å²) in [5, 5.41) is 2.82. The molecule has 8 heteroatoms. The SMILES string of the molecule is CCNS(=O)(=O)c1ccc(C(=O)NCc2ccc(OCc3cccnc3)cc2)cc1. The standard InChI is InChI=1S/C22H23N3O4S/c1-2-25-30(27,28)21-11-7-19(8-12-21)22(26)24-15-17-5-9-20(10-6-17)29-16-18-4-3-13-23-14-18/h3-14,25H,2,15-16H2,1H3,(H,24,26). The molecule has 3 aromatic rings. The number of rotatable bonds is 9. The molecule has 1 amide bonds. The smallest absolute Gasteiger partial charge is 0.251 e. The summed E-state index contributed by atoms with van der Waals surface area (Å²) in [6.07, 6.45) is 3.47. The molecule has 0 aliphatic heterocycles. The van der Waals surface area contributed by atoms with E-state index < -0.39 is 10.0 Å². The van der Waals surface area contributed by atoms with Crippen LogP contribution in [0.15, 0.2) is 78.0 Å². The van der Waals surface area contributed by atoms with Crippen molar-refractivity contribution >= 4 is 15.9 Å². The molecule has 0 spiro atoms. The lowest BCUT2D eigenvalue weighted by atomic mass is 10.2. The fourth-order valence-electron chi connectivity index (χ4n) is 2.70. The van der Waals surface area contributed by atoms with E-state index >= 15 is 0 Å². The van der Waals surface area contributed by atoms with Gasteiger partial charge in [-0.3, -0.25) is 9.78 Å². The first kappa shape index (κ1) is 21.5. The van der Waals surface area contributed by atoms with E-state index in [1.54, 1.807) is 19.3 Å². The second-order valence-electron chi connectivity index (χ2n) is 6.50. The van der Waals surface area contributed by atoms with E-state index in [9.17, 15) is 13.2 Å². The highest BCUT2D eigenvalue weighted by atomic mass is 32.2. The third-order valence-corrected chi connectivity index (χ3v) is 5.83. The number of hydrogen-bond acceptors (Lipinski definition) is 5. The normalized spacial score (nSPS) is 11.1. The summed E-state index contributed by atoms with van der Waals surface area (Å²) in [5.74, 6) is 0.450. The van der Waals surface area contributed by atoms with Gasteiger partial charge < -0.3 is 10.1 Å². The molecule has 2 N–H and O–H groups in total. The topological polar surface area (TPSA) is 97.4 Å². The van der Waals surface area contributed by atoms with Gasteiger partial charge >= 0.3 is 0 Å². The number of sulfonamides is 1. The molecule has 0 atom stereocenters. The Morgan fingerprint density at radius 2 is 1.73 bits per heavy atom. The van der Waals surface area contributed by atoms with E-state index in [1.165, 1.54) is 24.3 Å². The average molecular weight is 426 g/mol. The van der Waals surface area contributed by atoms with Crippen LogP contribution in [0.2, 0.25) is 0 Å². The molecule has 30 heavy (non-hydrogen) atoms. The van der Waals surface area contributed by atoms with Crippen LogP contribution in [0.25, 0.3) is 0 Å². The number of pyridine rings is 1. The highest BCUT2D eigenvalue weighted by molar-refractivity contribution is 7.89. The van der Waals surface area contributed by atoms with E-state index in [1.807, 2.05) is 36.4 Å². The first-order valence-corrected chi connectivity index (χ1v) is 10.9. The lowest BCUT2D eigenvalue weighted by molar-refractivity contribution is 0.0951. The van der Waals surface area contributed by atoms with Crippen LogP contribution >= 0.6 is 0 Å². The summed E-state index contributed by atoms with van der Waals surface area (Å²) in [7, 11) is -3.53. The second-order valence-corrected chi connectivity index (χ2v) is 8.27. The quantitative estimate of drug-likeness (QED) is 0.549. The van der Waals surface area contributed by atoms with E-state index in [0.29, 0.717) is 25.3 Å². The first-order valence-electron chi connectivity index (χ1n) is 9.46. The number of nitrogens with one attached hydrogen (secondary N) is 2. The highest BCUT2D eigenvalue weighted by Crippen LogP contribution is 2.15. The Kier molecular flexibility index (Phi) is 7.16. The van der Waals surface area contributed by atoms with Gasteiger partial charge in [-0.1, -0.05) is 25.1 Å². The largest absolute Gasteiger partial charge is 0.489 e. The summed E-state index contributed by atoms with van der Waals surface area (Å²) < 4.78 is 32.0. The molecule has 7 nitrogen and oxygen atoms in total. The van der Waals surface area contributed by atoms with Crippen LogP contribution in [0.4, 0.5) is 0 Å². The zero-order valence-corrected chi connectivity index (χ0v) is 17.4. The van der Waals surface area contributed by atoms with Crippen molar-refractivity contribution in [3.63, 3.8) is 0 Å². The third-order valence-electron chi connectivity index (χ3n) is 4.27. The number of aromatic nitrogens is 1. The van der Waals surface area contributed by atoms with Crippen molar-refractivity contribution in [1.82, 2.24) is 15.0 Å². The summed E-state index contributed by atoms with van der Waals surface area (Å²) in [6, 6.07) is 17.1. The zero-order chi connectivity index (χ0) is 21.4. The Morgan fingerprint density at radius 3 is 2.37 bits per heavy atom. The molecule has 0 radical (unpaired) electrons. The summed E-state index contributed by atoms with van der Waals surface area (Å²) in [6.45, 7) is 2.79. The first-order chi connectivity index (χ1) is 14.5. The molecule has 156 valence electrons.